The molecule has 0 saturated carbocycles. The van der Waals surface area contributed by atoms with Gasteiger partial charge in [0.15, 0.2) is 6.04 Å². The second-order valence-corrected chi connectivity index (χ2v) is 4.42. The summed E-state index contributed by atoms with van der Waals surface area (Å²) in [6.07, 6.45) is 2.74. The summed E-state index contributed by atoms with van der Waals surface area (Å²) in [5.74, 6) is -1.73. The summed E-state index contributed by atoms with van der Waals surface area (Å²) in [5.41, 5.74) is 0.615. The molecule has 0 saturated heterocycles. The highest BCUT2D eigenvalue weighted by molar-refractivity contribution is 6.33. The summed E-state index contributed by atoms with van der Waals surface area (Å²) in [6.45, 7) is 0. The number of benzene rings is 1. The van der Waals surface area contributed by atoms with Gasteiger partial charge in [-0.25, -0.2) is 4.79 Å². The average molecular weight is 291 g/mol. The molecule has 1 heterocycles. The standard InChI is InChI=1S/C14H11ClN2O3/c15-11-6-7-16-8-10(11)13(18)17-12(14(19)20)9-4-2-1-3-5-9/h1-8,12H,(H,17,18)(H,19,20). The number of halogens is 1. The Kier molecular flexibility index (Phi) is 4.32. The molecule has 2 aromatic rings. The van der Waals surface area contributed by atoms with E-state index >= 15 is 0 Å². The molecule has 102 valence electrons. The van der Waals surface area contributed by atoms with Crippen molar-refractivity contribution in [1.82, 2.24) is 10.3 Å². The van der Waals surface area contributed by atoms with E-state index in [9.17, 15) is 14.7 Å². The highest BCUT2D eigenvalue weighted by atomic mass is 35.5. The number of nitrogens with one attached hydrogen (secondary N) is 1. The van der Waals surface area contributed by atoms with Gasteiger partial charge in [-0.2, -0.15) is 0 Å². The average Bonchev–Trinajstić information content (AvgIpc) is 2.45. The number of hydrogen-bond donors (Lipinski definition) is 2. The molecule has 0 aliphatic rings. The zero-order chi connectivity index (χ0) is 14.5. The molecule has 2 rings (SSSR count). The molecule has 6 heteroatoms. The Balaban J connectivity index is 2.24. The summed E-state index contributed by atoms with van der Waals surface area (Å²) in [5, 5.41) is 11.9. The van der Waals surface area contributed by atoms with Crippen LogP contribution in [-0.2, 0) is 4.79 Å². The van der Waals surface area contributed by atoms with Crippen LogP contribution < -0.4 is 5.32 Å². The number of nitrogens with zero attached hydrogens (tertiary/aromatic N) is 1. The van der Waals surface area contributed by atoms with Gasteiger partial charge in [-0.1, -0.05) is 41.9 Å². The van der Waals surface area contributed by atoms with Crippen molar-refractivity contribution >= 4 is 23.5 Å². The predicted octanol–water partition coefficient (Wildman–Crippen LogP) is 2.29. The number of aromatic nitrogens is 1. The van der Waals surface area contributed by atoms with Crippen LogP contribution in [0.3, 0.4) is 0 Å². The molecule has 0 bridgehead atoms. The minimum absolute atomic E-state index is 0.136. The maximum Gasteiger partial charge on any atom is 0.330 e. The first-order chi connectivity index (χ1) is 9.59. The molecule has 1 aromatic carbocycles. The second kappa shape index (κ2) is 6.16. The van der Waals surface area contributed by atoms with Crippen molar-refractivity contribution in [3.8, 4) is 0 Å². The Morgan fingerprint density at radius 1 is 1.20 bits per heavy atom. The number of amides is 1. The van der Waals surface area contributed by atoms with Crippen molar-refractivity contribution in [2.75, 3.05) is 0 Å². The predicted molar refractivity (Wildman–Crippen MR) is 73.5 cm³/mol. The van der Waals surface area contributed by atoms with E-state index < -0.39 is 17.9 Å². The number of carbonyl (C=O) groups is 2. The number of hydrogen-bond acceptors (Lipinski definition) is 3. The van der Waals surface area contributed by atoms with E-state index in [-0.39, 0.29) is 10.6 Å². The summed E-state index contributed by atoms with van der Waals surface area (Å²) in [4.78, 5) is 27.1. The fourth-order valence-corrected chi connectivity index (χ4v) is 1.88. The zero-order valence-corrected chi connectivity index (χ0v) is 11.0. The summed E-state index contributed by atoms with van der Waals surface area (Å²) in [7, 11) is 0. The molecular formula is C14H11ClN2O3. The van der Waals surface area contributed by atoms with Crippen molar-refractivity contribution in [1.29, 1.82) is 0 Å². The van der Waals surface area contributed by atoms with Gasteiger partial charge in [-0.05, 0) is 11.6 Å². The highest BCUT2D eigenvalue weighted by Gasteiger charge is 2.23. The molecule has 0 fully saturated rings. The van der Waals surface area contributed by atoms with E-state index in [1.807, 2.05) is 0 Å². The third kappa shape index (κ3) is 3.13. The van der Waals surface area contributed by atoms with Crippen LogP contribution in [0.4, 0.5) is 0 Å². The van der Waals surface area contributed by atoms with Crippen LogP contribution >= 0.6 is 11.6 Å². The fraction of sp³-hybridized carbons (Fsp3) is 0.0714. The number of aliphatic carboxylic acids is 1. The van der Waals surface area contributed by atoms with Crippen molar-refractivity contribution in [2.45, 2.75) is 6.04 Å². The third-order valence-electron chi connectivity index (χ3n) is 2.67. The molecule has 20 heavy (non-hydrogen) atoms. The Morgan fingerprint density at radius 2 is 1.90 bits per heavy atom. The SMILES string of the molecule is O=C(NC(C(=O)O)c1ccccc1)c1cnccc1Cl. The fourth-order valence-electron chi connectivity index (χ4n) is 1.69. The molecule has 1 atom stereocenters. The van der Waals surface area contributed by atoms with Crippen LogP contribution in [-0.4, -0.2) is 22.0 Å². The van der Waals surface area contributed by atoms with Crippen LogP contribution in [0.5, 0.6) is 0 Å². The number of carbonyl (C=O) groups excluding carboxylic acids is 1. The summed E-state index contributed by atoms with van der Waals surface area (Å²) < 4.78 is 0. The van der Waals surface area contributed by atoms with E-state index in [1.165, 1.54) is 18.5 Å². The van der Waals surface area contributed by atoms with Crippen LogP contribution in [0.2, 0.25) is 5.02 Å². The normalized spacial score (nSPS) is 11.7. The van der Waals surface area contributed by atoms with Crippen molar-refractivity contribution in [3.05, 3.63) is 64.9 Å². The Morgan fingerprint density at radius 3 is 2.50 bits per heavy atom. The van der Waals surface area contributed by atoms with Crippen molar-refractivity contribution < 1.29 is 14.7 Å². The smallest absolute Gasteiger partial charge is 0.330 e. The molecule has 0 spiro atoms. The van der Waals surface area contributed by atoms with Gasteiger partial charge in [-0.15, -0.1) is 0 Å². The van der Waals surface area contributed by atoms with Crippen LogP contribution in [0.15, 0.2) is 48.8 Å². The topological polar surface area (TPSA) is 79.3 Å². The Labute approximate surface area is 120 Å². The molecule has 2 N–H and O–H groups in total. The van der Waals surface area contributed by atoms with Crippen LogP contribution in [0, 0.1) is 0 Å². The van der Waals surface area contributed by atoms with E-state index in [0.717, 1.165) is 0 Å². The molecule has 0 aliphatic carbocycles. The first-order valence-electron chi connectivity index (χ1n) is 5.77. The minimum Gasteiger partial charge on any atom is -0.479 e. The van der Waals surface area contributed by atoms with E-state index in [2.05, 4.69) is 10.3 Å². The lowest BCUT2D eigenvalue weighted by atomic mass is 10.1. The first-order valence-corrected chi connectivity index (χ1v) is 6.15. The van der Waals surface area contributed by atoms with Crippen molar-refractivity contribution in [2.24, 2.45) is 0 Å². The van der Waals surface area contributed by atoms with Crippen LogP contribution in [0.25, 0.3) is 0 Å². The van der Waals surface area contributed by atoms with E-state index in [4.69, 9.17) is 11.6 Å². The van der Waals surface area contributed by atoms with Gasteiger partial charge >= 0.3 is 5.97 Å². The molecule has 0 aliphatic heterocycles. The van der Waals surface area contributed by atoms with Crippen LogP contribution in [0.1, 0.15) is 22.0 Å². The molecule has 1 aromatic heterocycles. The number of pyridine rings is 1. The quantitative estimate of drug-likeness (QED) is 0.905. The lowest BCUT2D eigenvalue weighted by molar-refractivity contribution is -0.139. The second-order valence-electron chi connectivity index (χ2n) is 4.01. The van der Waals surface area contributed by atoms with Gasteiger partial charge in [0, 0.05) is 12.4 Å². The van der Waals surface area contributed by atoms with Gasteiger partial charge < -0.3 is 10.4 Å². The third-order valence-corrected chi connectivity index (χ3v) is 3.00. The van der Waals surface area contributed by atoms with Gasteiger partial charge in [0.25, 0.3) is 5.91 Å². The van der Waals surface area contributed by atoms with Crippen molar-refractivity contribution in [3.63, 3.8) is 0 Å². The maximum absolute atomic E-state index is 12.1. The molecule has 1 amide bonds. The van der Waals surface area contributed by atoms with E-state index in [1.54, 1.807) is 30.3 Å². The van der Waals surface area contributed by atoms with Gasteiger partial charge in [-0.3, -0.25) is 9.78 Å². The summed E-state index contributed by atoms with van der Waals surface area (Å²) in [6, 6.07) is 8.76. The number of carboxylic acid groups (broad SMARTS) is 1. The largest absolute Gasteiger partial charge is 0.479 e. The Bertz CT molecular complexity index is 631. The lowest BCUT2D eigenvalue weighted by Crippen LogP contribution is -2.33. The van der Waals surface area contributed by atoms with E-state index in [0.29, 0.717) is 5.56 Å². The number of carboxylic acids is 1. The maximum atomic E-state index is 12.1. The molecular weight excluding hydrogens is 280 g/mol. The van der Waals surface area contributed by atoms with Gasteiger partial charge in [0.05, 0.1) is 10.6 Å². The van der Waals surface area contributed by atoms with Gasteiger partial charge in [0.1, 0.15) is 0 Å². The first kappa shape index (κ1) is 14.0. The molecule has 5 nitrogen and oxygen atoms in total. The molecule has 1 unspecified atom stereocenters. The lowest BCUT2D eigenvalue weighted by Gasteiger charge is -2.15. The number of rotatable bonds is 4. The monoisotopic (exact) mass is 290 g/mol. The van der Waals surface area contributed by atoms with Gasteiger partial charge in [0.2, 0.25) is 0 Å². The zero-order valence-electron chi connectivity index (χ0n) is 10.3. The minimum atomic E-state index is -1.15. The molecule has 0 radical (unpaired) electrons. The summed E-state index contributed by atoms with van der Waals surface area (Å²) >= 11 is 5.88. The highest BCUT2D eigenvalue weighted by Crippen LogP contribution is 2.17. The Hall–Kier alpha value is -2.40.